The van der Waals surface area contributed by atoms with Crippen LogP contribution in [0.3, 0.4) is 0 Å². The molecule has 2 aliphatic carbocycles. The topological polar surface area (TPSA) is 120 Å². The van der Waals surface area contributed by atoms with E-state index in [4.69, 9.17) is 48.2 Å². The van der Waals surface area contributed by atoms with Gasteiger partial charge in [0.25, 0.3) is 0 Å². The van der Waals surface area contributed by atoms with E-state index < -0.39 is 25.1 Å². The summed E-state index contributed by atoms with van der Waals surface area (Å²) in [6.07, 6.45) is 0. The lowest BCUT2D eigenvalue weighted by molar-refractivity contribution is 0.424. The van der Waals surface area contributed by atoms with E-state index in [1.54, 1.807) is 24.3 Å². The highest BCUT2D eigenvalue weighted by Crippen LogP contribution is 2.59. The van der Waals surface area contributed by atoms with Gasteiger partial charge in [-0.2, -0.15) is 0 Å². The molecule has 0 amide bonds. The fraction of sp³-hybridized carbons (Fsp3) is 0.0146. The molecule has 0 unspecified atom stereocenters. The third kappa shape index (κ3) is 21.4. The van der Waals surface area contributed by atoms with Crippen LogP contribution < -0.4 is 10.9 Å². The largest absolute Gasteiger partial charge is 0.488 e. The van der Waals surface area contributed by atoms with E-state index in [0.29, 0.717) is 15.9 Å². The minimum Gasteiger partial charge on any atom is -0.423 e. The van der Waals surface area contributed by atoms with E-state index in [-0.39, 0.29) is 0 Å². The highest BCUT2D eigenvalue weighted by molar-refractivity contribution is 9.10. The normalized spacial score (nSPS) is 11.8. The molecule has 2 aliphatic rings. The van der Waals surface area contributed by atoms with Crippen molar-refractivity contribution in [1.29, 1.82) is 0 Å². The van der Waals surface area contributed by atoms with E-state index in [1.165, 1.54) is 78.4 Å². The van der Waals surface area contributed by atoms with Gasteiger partial charge in [-0.25, -0.2) is 15.0 Å². The Balaban J connectivity index is 0.000000118. The molecule has 0 fully saturated rings. The molecule has 712 valence electrons. The van der Waals surface area contributed by atoms with Crippen LogP contribution in [0.5, 0.6) is 0 Å². The SMILES string of the molecule is Brc1cccc(-c2cc(-c3ccccc3)nc(-c3ccccc3)c2)c1.Clc1cccc(-c2cccc(-c3cc(-c4ccccc4)nc(-c4ccccc4)c3)c2)c1.OB(O)c1ccc2c(c1)C(c1ccccc1)(c1ccccc1)c1ccccc1-2.OB(O)c1cccc(Cl)c1.c1ccc(-c2cc(-c3cccc(-c4cccc(-c5ccc6c(c5)C(c5ccccc5)(c5ccccc5)c5ccccc5-6)c4)c3)cc(-c3ccccc3)n2)cc1. The zero-order chi connectivity index (χ0) is 101. The Morgan fingerprint density at radius 3 is 0.698 bits per heavy atom. The molecule has 0 saturated carbocycles. The van der Waals surface area contributed by atoms with Crippen molar-refractivity contribution in [1.82, 2.24) is 15.0 Å². The van der Waals surface area contributed by atoms with Gasteiger partial charge in [0, 0.05) is 47.9 Å². The average Bonchev–Trinajstić information content (AvgIpc) is 1.54. The number of hydrogen-bond donors (Lipinski definition) is 4. The lowest BCUT2D eigenvalue weighted by Crippen LogP contribution is -2.33. The fourth-order valence-electron chi connectivity index (χ4n) is 20.5. The van der Waals surface area contributed by atoms with Crippen molar-refractivity contribution in [3.63, 3.8) is 0 Å². The van der Waals surface area contributed by atoms with Gasteiger partial charge in [0.1, 0.15) is 0 Å². The van der Waals surface area contributed by atoms with E-state index in [1.807, 2.05) is 133 Å². The maximum absolute atomic E-state index is 9.84. The molecule has 23 aromatic rings. The lowest BCUT2D eigenvalue weighted by atomic mass is 9.66. The van der Waals surface area contributed by atoms with Crippen molar-refractivity contribution < 1.29 is 20.1 Å². The minimum absolute atomic E-state index is 0.410. The molecular formula is C137H98B2BrCl2N3O4. The Morgan fingerprint density at radius 1 is 0.168 bits per heavy atom. The Bertz CT molecular complexity index is 8360. The van der Waals surface area contributed by atoms with Crippen molar-refractivity contribution in [3.8, 4) is 157 Å². The van der Waals surface area contributed by atoms with Crippen LogP contribution in [-0.2, 0) is 10.8 Å². The van der Waals surface area contributed by atoms with Crippen LogP contribution in [0.1, 0.15) is 44.5 Å². The van der Waals surface area contributed by atoms with Crippen molar-refractivity contribution in [2.75, 3.05) is 0 Å². The predicted molar refractivity (Wildman–Crippen MR) is 623 cm³/mol. The third-order valence-electron chi connectivity index (χ3n) is 27.5. The highest BCUT2D eigenvalue weighted by Gasteiger charge is 2.48. The van der Waals surface area contributed by atoms with E-state index >= 15 is 0 Å². The van der Waals surface area contributed by atoms with Gasteiger partial charge >= 0.3 is 14.2 Å². The number of aromatic nitrogens is 3. The van der Waals surface area contributed by atoms with Crippen LogP contribution in [0.2, 0.25) is 10.0 Å². The summed E-state index contributed by atoms with van der Waals surface area (Å²) >= 11 is 15.4. The second-order valence-corrected chi connectivity index (χ2v) is 38.5. The molecule has 12 heteroatoms. The Morgan fingerprint density at radius 2 is 0.396 bits per heavy atom. The summed E-state index contributed by atoms with van der Waals surface area (Å²) in [6.45, 7) is 0. The van der Waals surface area contributed by atoms with Crippen LogP contribution in [0, 0.1) is 0 Å². The average molecular weight is 2020 g/mol. The summed E-state index contributed by atoms with van der Waals surface area (Å²) in [7, 11) is -2.93. The molecule has 0 saturated heterocycles. The van der Waals surface area contributed by atoms with Crippen LogP contribution in [-0.4, -0.2) is 49.3 Å². The fourth-order valence-corrected chi connectivity index (χ4v) is 21.3. The number of fused-ring (bicyclic) bond motifs is 6. The van der Waals surface area contributed by atoms with Gasteiger partial charge in [-0.05, 0) is 242 Å². The Hall–Kier alpha value is -17.1. The van der Waals surface area contributed by atoms with Crippen LogP contribution in [0.25, 0.3) is 157 Å². The Labute approximate surface area is 889 Å². The smallest absolute Gasteiger partial charge is 0.423 e. The van der Waals surface area contributed by atoms with Crippen molar-refractivity contribution in [2.45, 2.75) is 10.8 Å². The molecule has 3 aromatic heterocycles. The molecule has 25 rings (SSSR count). The molecule has 0 atom stereocenters. The van der Waals surface area contributed by atoms with Gasteiger partial charge in [-0.1, -0.05) is 512 Å². The molecule has 3 heterocycles. The summed E-state index contributed by atoms with van der Waals surface area (Å²) in [5.41, 5.74) is 41.1. The van der Waals surface area contributed by atoms with Gasteiger partial charge in [-0.15, -0.1) is 0 Å². The second kappa shape index (κ2) is 45.3. The van der Waals surface area contributed by atoms with Crippen molar-refractivity contribution >= 4 is 64.3 Å². The van der Waals surface area contributed by atoms with Gasteiger partial charge in [0.05, 0.1) is 45.0 Å². The van der Waals surface area contributed by atoms with E-state index in [2.05, 4.69) is 422 Å². The summed E-state index contributed by atoms with van der Waals surface area (Å²) < 4.78 is 1.07. The molecular weight excluding hydrogens is 1920 g/mol. The third-order valence-corrected chi connectivity index (χ3v) is 28.5. The molecule has 7 nitrogen and oxygen atoms in total. The van der Waals surface area contributed by atoms with Crippen molar-refractivity contribution in [2.24, 2.45) is 0 Å². The monoisotopic (exact) mass is 2020 g/mol. The maximum atomic E-state index is 9.84. The molecule has 0 bridgehead atoms. The molecule has 149 heavy (non-hydrogen) atoms. The molecule has 0 spiro atoms. The Kier molecular flexibility index (Phi) is 29.7. The van der Waals surface area contributed by atoms with Gasteiger partial charge in [0.2, 0.25) is 0 Å². The number of halogens is 3. The standard InChI is InChI=1S/C54H37N.C29H20ClN.C25H19BO2.C23H16BrN.C6H6BClO2/c1-5-17-38(18-6-1)52-36-45(37-53(55-52)39-19-7-2-8-20-39)43-24-16-22-41(34-43)40-21-15-23-42(33-40)44-31-32-49-48-29-13-14-30-50(48)54(51(49)35-44,46-25-9-3-10-26-46)47-27-11-4-12-28-47;30-27-16-8-15-25(18-27)23-13-7-14-24(17-23)26-19-28(21-9-3-1-4-10-21)31-29(20-26)22-11-5-2-6-12-22;27-26(28)20-15-16-22-21-13-7-8-14-23(21)25(24(22)17-20,18-9-3-1-4-10-18)19-11-5-2-6-12-19;24-21-13-7-12-19(14-21)20-15-22(17-8-3-1-4-9-17)25-23(16-20)18-10-5-2-6-11-18;8-6-3-1-2-5(4-6)7(9)10/h1-37H;1-20H;1-17,27-28H;1-16H;1-4,9-10H. The first-order valence-electron chi connectivity index (χ1n) is 49.6. The van der Waals surface area contributed by atoms with Crippen molar-refractivity contribution in [3.05, 3.63) is 629 Å². The van der Waals surface area contributed by atoms with Crippen LogP contribution in [0.15, 0.2) is 575 Å². The van der Waals surface area contributed by atoms with Crippen LogP contribution in [0.4, 0.5) is 0 Å². The first-order valence-corrected chi connectivity index (χ1v) is 51.2. The predicted octanol–water partition coefficient (Wildman–Crippen LogP) is 32.8. The van der Waals surface area contributed by atoms with Gasteiger partial charge < -0.3 is 20.1 Å². The summed E-state index contributed by atoms with van der Waals surface area (Å²) in [6, 6.07) is 198. The zero-order valence-corrected chi connectivity index (χ0v) is 84.3. The van der Waals surface area contributed by atoms with Gasteiger partial charge in [0.15, 0.2) is 0 Å². The molecule has 0 radical (unpaired) electrons. The van der Waals surface area contributed by atoms with E-state index in [9.17, 15) is 10.0 Å². The summed E-state index contributed by atoms with van der Waals surface area (Å²) in [5, 5.41) is 38.2. The number of rotatable bonds is 18. The minimum atomic E-state index is -1.50. The first kappa shape index (κ1) is 97.9. The second-order valence-electron chi connectivity index (χ2n) is 36.8. The van der Waals surface area contributed by atoms with Crippen LogP contribution >= 0.6 is 39.1 Å². The highest BCUT2D eigenvalue weighted by atomic mass is 79.9. The quantitative estimate of drug-likeness (QED) is 0.0632. The number of hydrogen-bond acceptors (Lipinski definition) is 7. The van der Waals surface area contributed by atoms with Gasteiger partial charge in [-0.3, -0.25) is 0 Å². The number of nitrogens with zero attached hydrogens (tertiary/aromatic N) is 3. The lowest BCUT2D eigenvalue weighted by Gasteiger charge is -2.34. The first-order chi connectivity index (χ1) is 73.2. The summed E-state index contributed by atoms with van der Waals surface area (Å²) in [4.78, 5) is 15.0. The summed E-state index contributed by atoms with van der Waals surface area (Å²) in [5.74, 6) is 0. The maximum Gasteiger partial charge on any atom is 0.488 e. The van der Waals surface area contributed by atoms with E-state index in [0.717, 1.165) is 138 Å². The number of pyridine rings is 3. The zero-order valence-electron chi connectivity index (χ0n) is 81.2. The molecule has 20 aromatic carbocycles. The number of benzene rings is 20. The molecule has 4 N–H and O–H groups in total. The molecule has 0 aliphatic heterocycles.